The van der Waals surface area contributed by atoms with Crippen LogP contribution in [0.25, 0.3) is 0 Å². The number of aromatic nitrogens is 2. The summed E-state index contributed by atoms with van der Waals surface area (Å²) in [7, 11) is 0. The second-order valence-electron chi connectivity index (χ2n) is 2.56. The van der Waals surface area contributed by atoms with Gasteiger partial charge in [-0.05, 0) is 12.8 Å². The van der Waals surface area contributed by atoms with Crippen LogP contribution < -0.4 is 11.3 Å². The lowest BCUT2D eigenvalue weighted by molar-refractivity contribution is 0.499. The molecule has 1 aromatic heterocycles. The van der Waals surface area contributed by atoms with E-state index in [-0.39, 0.29) is 6.04 Å². The largest absolute Gasteiger partial charge is 0.347 e. The molecular formula is C8H14N4. The maximum Gasteiger partial charge on any atom is 0.124 e. The highest BCUT2D eigenvalue weighted by Crippen LogP contribution is 2.12. The SMILES string of the molecule is C=CCCC(NN)c1ncc[nH]1. The Bertz CT molecular complexity index is 217. The predicted octanol–water partition coefficient (Wildman–Crippen LogP) is 0.880. The van der Waals surface area contributed by atoms with Gasteiger partial charge in [0.15, 0.2) is 0 Å². The molecule has 4 nitrogen and oxygen atoms in total. The Kier molecular flexibility index (Phi) is 3.50. The maximum atomic E-state index is 5.36. The number of allylic oxidation sites excluding steroid dienone is 1. The van der Waals surface area contributed by atoms with Crippen LogP contribution in [-0.4, -0.2) is 9.97 Å². The number of nitrogens with zero attached hydrogens (tertiary/aromatic N) is 1. The van der Waals surface area contributed by atoms with Gasteiger partial charge >= 0.3 is 0 Å². The molecule has 0 aromatic carbocycles. The Morgan fingerprint density at radius 2 is 2.67 bits per heavy atom. The Balaban J connectivity index is 2.51. The molecule has 1 aromatic rings. The predicted molar refractivity (Wildman–Crippen MR) is 48.1 cm³/mol. The number of nitrogens with two attached hydrogens (primary N) is 1. The number of hydrazine groups is 1. The lowest BCUT2D eigenvalue weighted by Crippen LogP contribution is -2.28. The molecule has 0 fully saturated rings. The van der Waals surface area contributed by atoms with Crippen molar-refractivity contribution in [3.63, 3.8) is 0 Å². The van der Waals surface area contributed by atoms with Crippen molar-refractivity contribution >= 4 is 0 Å². The van der Waals surface area contributed by atoms with Crippen LogP contribution in [0.2, 0.25) is 0 Å². The van der Waals surface area contributed by atoms with Gasteiger partial charge in [0.05, 0.1) is 6.04 Å². The number of aromatic amines is 1. The van der Waals surface area contributed by atoms with E-state index in [0.29, 0.717) is 0 Å². The summed E-state index contributed by atoms with van der Waals surface area (Å²) < 4.78 is 0. The van der Waals surface area contributed by atoms with E-state index >= 15 is 0 Å². The van der Waals surface area contributed by atoms with Crippen LogP contribution in [0.4, 0.5) is 0 Å². The van der Waals surface area contributed by atoms with E-state index < -0.39 is 0 Å². The van der Waals surface area contributed by atoms with Crippen molar-refractivity contribution in [3.8, 4) is 0 Å². The van der Waals surface area contributed by atoms with Gasteiger partial charge in [0.2, 0.25) is 0 Å². The van der Waals surface area contributed by atoms with E-state index in [1.54, 1.807) is 12.4 Å². The molecule has 1 unspecified atom stereocenters. The monoisotopic (exact) mass is 166 g/mol. The van der Waals surface area contributed by atoms with Crippen LogP contribution >= 0.6 is 0 Å². The van der Waals surface area contributed by atoms with Gasteiger partial charge in [-0.2, -0.15) is 0 Å². The van der Waals surface area contributed by atoms with Crippen molar-refractivity contribution in [2.75, 3.05) is 0 Å². The molecule has 0 aliphatic rings. The smallest absolute Gasteiger partial charge is 0.124 e. The normalized spacial score (nSPS) is 12.8. The lowest BCUT2D eigenvalue weighted by atomic mass is 10.1. The molecule has 0 aliphatic carbocycles. The summed E-state index contributed by atoms with van der Waals surface area (Å²) in [6, 6.07) is 0.0954. The Hall–Kier alpha value is -1.13. The third kappa shape index (κ3) is 2.18. The summed E-state index contributed by atoms with van der Waals surface area (Å²) in [4.78, 5) is 7.12. The minimum Gasteiger partial charge on any atom is -0.347 e. The lowest BCUT2D eigenvalue weighted by Gasteiger charge is -2.11. The van der Waals surface area contributed by atoms with Crippen LogP contribution in [0.15, 0.2) is 25.0 Å². The average Bonchev–Trinajstić information content (AvgIpc) is 2.59. The summed E-state index contributed by atoms with van der Waals surface area (Å²) in [6.07, 6.45) is 7.21. The first-order chi connectivity index (χ1) is 5.88. The van der Waals surface area contributed by atoms with E-state index in [4.69, 9.17) is 5.84 Å². The van der Waals surface area contributed by atoms with E-state index in [1.165, 1.54) is 0 Å². The Morgan fingerprint density at radius 3 is 3.17 bits per heavy atom. The standard InChI is InChI=1S/C8H14N4/c1-2-3-4-7(12-9)8-10-5-6-11-8/h2,5-7,12H,1,3-4,9H2,(H,10,11). The molecular weight excluding hydrogens is 152 g/mol. The number of rotatable bonds is 5. The molecule has 1 heterocycles. The summed E-state index contributed by atoms with van der Waals surface area (Å²) in [6.45, 7) is 3.65. The van der Waals surface area contributed by atoms with Gasteiger partial charge in [-0.3, -0.25) is 5.84 Å². The van der Waals surface area contributed by atoms with E-state index in [2.05, 4.69) is 22.0 Å². The number of hydrogen-bond acceptors (Lipinski definition) is 3. The van der Waals surface area contributed by atoms with Gasteiger partial charge in [0.25, 0.3) is 0 Å². The molecule has 0 saturated heterocycles. The molecule has 0 spiro atoms. The Morgan fingerprint density at radius 1 is 1.83 bits per heavy atom. The molecule has 66 valence electrons. The highest BCUT2D eigenvalue weighted by molar-refractivity contribution is 4.95. The van der Waals surface area contributed by atoms with Crippen molar-refractivity contribution < 1.29 is 0 Å². The van der Waals surface area contributed by atoms with Crippen molar-refractivity contribution in [3.05, 3.63) is 30.9 Å². The minimum absolute atomic E-state index is 0.0954. The molecule has 0 aliphatic heterocycles. The second-order valence-corrected chi connectivity index (χ2v) is 2.56. The first-order valence-electron chi connectivity index (χ1n) is 3.94. The van der Waals surface area contributed by atoms with E-state index in [0.717, 1.165) is 18.7 Å². The summed E-state index contributed by atoms with van der Waals surface area (Å²) in [5.74, 6) is 6.23. The van der Waals surface area contributed by atoms with E-state index in [1.807, 2.05) is 6.08 Å². The molecule has 0 bridgehead atoms. The maximum absolute atomic E-state index is 5.36. The zero-order valence-corrected chi connectivity index (χ0v) is 6.96. The van der Waals surface area contributed by atoms with Gasteiger partial charge in [-0.15, -0.1) is 6.58 Å². The van der Waals surface area contributed by atoms with Crippen LogP contribution in [-0.2, 0) is 0 Å². The fraction of sp³-hybridized carbons (Fsp3) is 0.375. The summed E-state index contributed by atoms with van der Waals surface area (Å²) in [5, 5.41) is 0. The average molecular weight is 166 g/mol. The summed E-state index contributed by atoms with van der Waals surface area (Å²) in [5.41, 5.74) is 2.70. The molecule has 0 saturated carbocycles. The van der Waals surface area contributed by atoms with Crippen molar-refractivity contribution in [2.24, 2.45) is 5.84 Å². The number of imidazole rings is 1. The third-order valence-electron chi connectivity index (χ3n) is 1.71. The quantitative estimate of drug-likeness (QED) is 0.345. The van der Waals surface area contributed by atoms with Gasteiger partial charge in [0.1, 0.15) is 5.82 Å². The highest BCUT2D eigenvalue weighted by atomic mass is 15.2. The molecule has 1 atom stereocenters. The molecule has 1 rings (SSSR count). The second kappa shape index (κ2) is 4.69. The van der Waals surface area contributed by atoms with Crippen molar-refractivity contribution in [1.29, 1.82) is 0 Å². The van der Waals surface area contributed by atoms with Crippen LogP contribution in [0.5, 0.6) is 0 Å². The molecule has 4 heteroatoms. The van der Waals surface area contributed by atoms with Gasteiger partial charge in [0, 0.05) is 12.4 Å². The first-order valence-corrected chi connectivity index (χ1v) is 3.94. The Labute approximate surface area is 71.9 Å². The fourth-order valence-corrected chi connectivity index (χ4v) is 1.05. The topological polar surface area (TPSA) is 66.7 Å². The molecule has 12 heavy (non-hydrogen) atoms. The number of hydrogen-bond donors (Lipinski definition) is 3. The van der Waals surface area contributed by atoms with Crippen molar-refractivity contribution in [1.82, 2.24) is 15.4 Å². The third-order valence-corrected chi connectivity index (χ3v) is 1.71. The molecule has 0 amide bonds. The summed E-state index contributed by atoms with van der Waals surface area (Å²) >= 11 is 0. The zero-order valence-electron chi connectivity index (χ0n) is 6.96. The minimum atomic E-state index is 0.0954. The van der Waals surface area contributed by atoms with E-state index in [9.17, 15) is 0 Å². The molecule has 0 radical (unpaired) electrons. The highest BCUT2D eigenvalue weighted by Gasteiger charge is 2.09. The number of nitrogens with one attached hydrogen (secondary N) is 2. The van der Waals surface area contributed by atoms with Gasteiger partial charge in [-0.1, -0.05) is 6.08 Å². The van der Waals surface area contributed by atoms with Gasteiger partial charge < -0.3 is 4.98 Å². The van der Waals surface area contributed by atoms with Crippen LogP contribution in [0.1, 0.15) is 24.7 Å². The van der Waals surface area contributed by atoms with Crippen molar-refractivity contribution in [2.45, 2.75) is 18.9 Å². The van der Waals surface area contributed by atoms with Gasteiger partial charge in [-0.25, -0.2) is 10.4 Å². The fourth-order valence-electron chi connectivity index (χ4n) is 1.05. The first kappa shape index (κ1) is 8.96. The van der Waals surface area contributed by atoms with Crippen LogP contribution in [0, 0.1) is 0 Å². The zero-order chi connectivity index (χ0) is 8.81. The molecule has 4 N–H and O–H groups in total. The van der Waals surface area contributed by atoms with Crippen LogP contribution in [0.3, 0.4) is 0 Å². The number of H-pyrrole nitrogens is 1.